The van der Waals surface area contributed by atoms with Crippen LogP contribution in [-0.2, 0) is 0 Å². The van der Waals surface area contributed by atoms with E-state index in [1.807, 2.05) is 0 Å². The number of hydrogen-bond donors (Lipinski definition) is 0. The Morgan fingerprint density at radius 3 is 2.73 bits per heavy atom. The van der Waals surface area contributed by atoms with E-state index in [4.69, 9.17) is 11.6 Å². The Morgan fingerprint density at radius 1 is 1.27 bits per heavy atom. The summed E-state index contributed by atoms with van der Waals surface area (Å²) in [5.41, 5.74) is 0.507. The highest BCUT2D eigenvalue weighted by molar-refractivity contribution is 6.32. The number of aromatic nitrogens is 3. The lowest BCUT2D eigenvalue weighted by atomic mass is 10.3. The third kappa shape index (κ3) is 1.83. The summed E-state index contributed by atoms with van der Waals surface area (Å²) in [5.74, 6) is 0. The number of alkyl halides is 2. The highest BCUT2D eigenvalue weighted by Crippen LogP contribution is 2.27. The van der Waals surface area contributed by atoms with Gasteiger partial charge in [-0.05, 0) is 18.2 Å². The molecule has 0 atom stereocenters. The lowest BCUT2D eigenvalue weighted by molar-refractivity contribution is 0.0584. The molecule has 0 fully saturated rings. The van der Waals surface area contributed by atoms with E-state index in [2.05, 4.69) is 10.1 Å². The molecule has 15 heavy (non-hydrogen) atoms. The molecule has 0 radical (unpaired) electrons. The quantitative estimate of drug-likeness (QED) is 0.793. The van der Waals surface area contributed by atoms with Gasteiger partial charge in [0.1, 0.15) is 5.69 Å². The number of pyridine rings is 1. The molecule has 0 aliphatic rings. The third-order valence-corrected chi connectivity index (χ3v) is 2.16. The van der Waals surface area contributed by atoms with Gasteiger partial charge in [0.25, 0.3) is 0 Å². The summed E-state index contributed by atoms with van der Waals surface area (Å²) < 4.78 is 25.6. The van der Waals surface area contributed by atoms with Crippen molar-refractivity contribution < 1.29 is 8.78 Å². The van der Waals surface area contributed by atoms with Crippen LogP contribution < -0.4 is 0 Å². The maximum Gasteiger partial charge on any atom is 0.333 e. The molecule has 0 N–H and O–H groups in total. The number of hydrogen-bond acceptors (Lipinski definition) is 2. The van der Waals surface area contributed by atoms with Crippen molar-refractivity contribution in [2.45, 2.75) is 6.55 Å². The Morgan fingerprint density at radius 2 is 2.07 bits per heavy atom. The molecule has 0 amide bonds. The summed E-state index contributed by atoms with van der Waals surface area (Å²) in [6, 6.07) is 4.67. The van der Waals surface area contributed by atoms with Crippen molar-refractivity contribution in [3.05, 3.63) is 35.6 Å². The maximum atomic E-state index is 12.5. The van der Waals surface area contributed by atoms with Crippen molar-refractivity contribution in [1.29, 1.82) is 0 Å². The van der Waals surface area contributed by atoms with E-state index in [-0.39, 0.29) is 5.69 Å². The molecular formula is C9H6ClF2N3. The topological polar surface area (TPSA) is 30.7 Å². The van der Waals surface area contributed by atoms with Crippen molar-refractivity contribution in [3.8, 4) is 11.4 Å². The van der Waals surface area contributed by atoms with E-state index in [1.54, 1.807) is 12.1 Å². The first-order valence-corrected chi connectivity index (χ1v) is 4.50. The normalized spacial score (nSPS) is 10.9. The summed E-state index contributed by atoms with van der Waals surface area (Å²) in [5, 5.41) is 3.82. The molecule has 0 unspecified atom stereocenters. The fourth-order valence-corrected chi connectivity index (χ4v) is 1.45. The van der Waals surface area contributed by atoms with Crippen LogP contribution in [0.4, 0.5) is 8.78 Å². The second-order valence-corrected chi connectivity index (χ2v) is 3.18. The molecule has 0 saturated carbocycles. The number of rotatable bonds is 2. The first-order valence-electron chi connectivity index (χ1n) is 4.12. The SMILES string of the molecule is FC(F)n1nccc1-c1ncccc1Cl. The van der Waals surface area contributed by atoms with Gasteiger partial charge >= 0.3 is 6.55 Å². The monoisotopic (exact) mass is 229 g/mol. The summed E-state index contributed by atoms with van der Waals surface area (Å²) >= 11 is 5.84. The number of nitrogens with zero attached hydrogens (tertiary/aromatic N) is 3. The second kappa shape index (κ2) is 3.94. The van der Waals surface area contributed by atoms with Gasteiger partial charge in [-0.1, -0.05) is 11.6 Å². The average Bonchev–Trinajstić information content (AvgIpc) is 2.67. The van der Waals surface area contributed by atoms with Crippen LogP contribution in [0.1, 0.15) is 6.55 Å². The highest BCUT2D eigenvalue weighted by atomic mass is 35.5. The van der Waals surface area contributed by atoms with Crippen LogP contribution in [0, 0.1) is 0 Å². The molecule has 78 valence electrons. The van der Waals surface area contributed by atoms with Crippen molar-refractivity contribution >= 4 is 11.6 Å². The largest absolute Gasteiger partial charge is 0.333 e. The molecule has 2 aromatic heterocycles. The lowest BCUT2D eigenvalue weighted by Crippen LogP contribution is -2.03. The van der Waals surface area contributed by atoms with E-state index in [9.17, 15) is 8.78 Å². The van der Waals surface area contributed by atoms with Crippen LogP contribution in [0.5, 0.6) is 0 Å². The third-order valence-electron chi connectivity index (χ3n) is 1.86. The smallest absolute Gasteiger partial charge is 0.253 e. The van der Waals surface area contributed by atoms with Gasteiger partial charge in [-0.3, -0.25) is 4.98 Å². The van der Waals surface area contributed by atoms with E-state index in [0.717, 1.165) is 0 Å². The van der Waals surface area contributed by atoms with Crippen molar-refractivity contribution in [2.24, 2.45) is 0 Å². The van der Waals surface area contributed by atoms with Crippen LogP contribution in [-0.4, -0.2) is 14.8 Å². The van der Waals surface area contributed by atoms with Crippen molar-refractivity contribution in [1.82, 2.24) is 14.8 Å². The van der Waals surface area contributed by atoms with E-state index < -0.39 is 6.55 Å². The van der Waals surface area contributed by atoms with Crippen molar-refractivity contribution in [2.75, 3.05) is 0 Å². The van der Waals surface area contributed by atoms with Crippen LogP contribution in [0.15, 0.2) is 30.6 Å². The van der Waals surface area contributed by atoms with Gasteiger partial charge in [0.2, 0.25) is 0 Å². The number of halogens is 3. The Kier molecular flexibility index (Phi) is 2.64. The Labute approximate surface area is 89.3 Å². The molecule has 2 aromatic rings. The molecule has 0 aromatic carbocycles. The minimum atomic E-state index is -2.70. The Balaban J connectivity index is 2.55. The molecule has 0 saturated heterocycles. The van der Waals surface area contributed by atoms with Gasteiger partial charge < -0.3 is 0 Å². The minimum Gasteiger partial charge on any atom is -0.253 e. The molecular weight excluding hydrogens is 224 g/mol. The van der Waals surface area contributed by atoms with Crippen LogP contribution in [0.25, 0.3) is 11.4 Å². The molecule has 6 heteroatoms. The zero-order valence-electron chi connectivity index (χ0n) is 7.44. The Hall–Kier alpha value is -1.49. The van der Waals surface area contributed by atoms with Crippen LogP contribution in [0.3, 0.4) is 0 Å². The molecule has 0 aliphatic carbocycles. The summed E-state index contributed by atoms with van der Waals surface area (Å²) in [6.45, 7) is -2.70. The predicted octanol–water partition coefficient (Wildman–Crippen LogP) is 2.99. The fourth-order valence-electron chi connectivity index (χ4n) is 1.23. The zero-order chi connectivity index (χ0) is 10.8. The van der Waals surface area contributed by atoms with Crippen LogP contribution in [0.2, 0.25) is 5.02 Å². The first-order chi connectivity index (χ1) is 7.20. The molecule has 2 rings (SSSR count). The van der Waals surface area contributed by atoms with Gasteiger partial charge in [-0.15, -0.1) is 0 Å². The van der Waals surface area contributed by atoms with E-state index >= 15 is 0 Å². The average molecular weight is 230 g/mol. The molecule has 0 bridgehead atoms. The fraction of sp³-hybridized carbons (Fsp3) is 0.111. The molecule has 0 spiro atoms. The molecule has 3 nitrogen and oxygen atoms in total. The Bertz CT molecular complexity index is 470. The van der Waals surface area contributed by atoms with Crippen molar-refractivity contribution in [3.63, 3.8) is 0 Å². The first kappa shape index (κ1) is 10.0. The van der Waals surface area contributed by atoms with Gasteiger partial charge in [-0.25, -0.2) is 4.68 Å². The molecule has 2 heterocycles. The zero-order valence-corrected chi connectivity index (χ0v) is 8.20. The summed E-state index contributed by atoms with van der Waals surface area (Å²) in [7, 11) is 0. The minimum absolute atomic E-state index is 0.204. The van der Waals surface area contributed by atoms with Crippen LogP contribution >= 0.6 is 11.6 Å². The highest BCUT2D eigenvalue weighted by Gasteiger charge is 2.15. The summed E-state index contributed by atoms with van der Waals surface area (Å²) in [6.07, 6.45) is 2.77. The van der Waals surface area contributed by atoms with E-state index in [0.29, 0.717) is 15.4 Å². The molecule has 0 aliphatic heterocycles. The van der Waals surface area contributed by atoms with Gasteiger partial charge in [0.15, 0.2) is 0 Å². The second-order valence-electron chi connectivity index (χ2n) is 2.77. The standard InChI is InChI=1S/C9H6ClF2N3/c10-6-2-1-4-13-8(6)7-3-5-14-15(7)9(11)12/h1-5,9H. The maximum absolute atomic E-state index is 12.5. The van der Waals surface area contributed by atoms with Gasteiger partial charge in [-0.2, -0.15) is 13.9 Å². The predicted molar refractivity (Wildman–Crippen MR) is 51.7 cm³/mol. The van der Waals surface area contributed by atoms with E-state index in [1.165, 1.54) is 18.5 Å². The summed E-state index contributed by atoms with van der Waals surface area (Å²) in [4.78, 5) is 3.94. The van der Waals surface area contributed by atoms with Gasteiger partial charge in [0.05, 0.1) is 10.7 Å². The van der Waals surface area contributed by atoms with Gasteiger partial charge in [0, 0.05) is 12.4 Å². The lowest BCUT2D eigenvalue weighted by Gasteiger charge is -2.06.